The zero-order valence-corrected chi connectivity index (χ0v) is 11.9. The fourth-order valence-electron chi connectivity index (χ4n) is 1.62. The van der Waals surface area contributed by atoms with Crippen LogP contribution in [0.25, 0.3) is 0 Å². The van der Waals surface area contributed by atoms with Gasteiger partial charge in [-0.3, -0.25) is 4.79 Å². The van der Waals surface area contributed by atoms with Gasteiger partial charge in [0.25, 0.3) is 5.91 Å². The first-order chi connectivity index (χ1) is 9.10. The summed E-state index contributed by atoms with van der Waals surface area (Å²) in [6.45, 7) is 0. The molecule has 2 aromatic carbocycles. The molecule has 0 aliphatic rings. The highest BCUT2D eigenvalue weighted by Gasteiger charge is 2.09. The Bertz CT molecular complexity index is 614. The van der Waals surface area contributed by atoms with Crippen LogP contribution in [0.2, 0.25) is 0 Å². The molecular formula is C14H13BrN2O2. The molecule has 1 amide bonds. The lowest BCUT2D eigenvalue weighted by molar-refractivity contribution is 0.102. The van der Waals surface area contributed by atoms with E-state index in [0.717, 1.165) is 10.2 Å². The van der Waals surface area contributed by atoms with Gasteiger partial charge in [0.15, 0.2) is 0 Å². The van der Waals surface area contributed by atoms with Crippen LogP contribution < -0.4 is 10.6 Å². The quantitative estimate of drug-likeness (QED) is 0.759. The van der Waals surface area contributed by atoms with Gasteiger partial charge in [-0.25, -0.2) is 0 Å². The van der Waals surface area contributed by atoms with Gasteiger partial charge in [0.05, 0.1) is 5.69 Å². The lowest BCUT2D eigenvalue weighted by atomic mass is 10.2. The number of amides is 1. The lowest BCUT2D eigenvalue weighted by Gasteiger charge is -2.09. The summed E-state index contributed by atoms with van der Waals surface area (Å²) in [5, 5.41) is 15.3. The highest BCUT2D eigenvalue weighted by atomic mass is 79.9. The normalized spacial score (nSPS) is 10.0. The van der Waals surface area contributed by atoms with Gasteiger partial charge in [-0.05, 0) is 36.4 Å². The number of hydrogen-bond acceptors (Lipinski definition) is 3. The molecule has 0 spiro atoms. The minimum Gasteiger partial charge on any atom is -0.506 e. The van der Waals surface area contributed by atoms with Crippen LogP contribution in [0.1, 0.15) is 10.4 Å². The smallest absolute Gasteiger partial charge is 0.255 e. The van der Waals surface area contributed by atoms with E-state index in [4.69, 9.17) is 0 Å². The van der Waals surface area contributed by atoms with Gasteiger partial charge in [0.1, 0.15) is 5.75 Å². The number of nitrogens with one attached hydrogen (secondary N) is 2. The van der Waals surface area contributed by atoms with Crippen LogP contribution in [0.3, 0.4) is 0 Å². The molecule has 98 valence electrons. The van der Waals surface area contributed by atoms with E-state index in [1.165, 1.54) is 6.07 Å². The topological polar surface area (TPSA) is 61.4 Å². The molecule has 2 rings (SSSR count). The summed E-state index contributed by atoms with van der Waals surface area (Å²) in [5.74, 6) is -0.244. The van der Waals surface area contributed by atoms with E-state index >= 15 is 0 Å². The average molecular weight is 321 g/mol. The molecule has 0 unspecified atom stereocenters. The number of carbonyl (C=O) groups is 1. The monoisotopic (exact) mass is 320 g/mol. The summed E-state index contributed by atoms with van der Waals surface area (Å²) in [6.07, 6.45) is 0. The molecule has 0 aromatic heterocycles. The summed E-state index contributed by atoms with van der Waals surface area (Å²) < 4.78 is 0.782. The van der Waals surface area contributed by atoms with Crippen LogP contribution in [0, 0.1) is 0 Å². The molecule has 0 heterocycles. The number of benzene rings is 2. The molecular weight excluding hydrogens is 308 g/mol. The number of halogens is 1. The third-order valence-corrected chi connectivity index (χ3v) is 3.11. The van der Waals surface area contributed by atoms with Crippen LogP contribution in [-0.4, -0.2) is 18.1 Å². The standard InChI is InChI=1S/C14H13BrN2O2/c1-16-11-4-2-3-9(7-11)14(19)17-12-8-10(15)5-6-13(12)18/h2-8,16,18H,1H3,(H,17,19). The third-order valence-electron chi connectivity index (χ3n) is 2.62. The zero-order chi connectivity index (χ0) is 13.8. The molecule has 0 fully saturated rings. The van der Waals surface area contributed by atoms with Crippen molar-refractivity contribution in [3.63, 3.8) is 0 Å². The number of aromatic hydroxyl groups is 1. The second kappa shape index (κ2) is 5.75. The highest BCUT2D eigenvalue weighted by Crippen LogP contribution is 2.27. The number of carbonyl (C=O) groups excluding carboxylic acids is 1. The van der Waals surface area contributed by atoms with Crippen molar-refractivity contribution in [2.75, 3.05) is 17.7 Å². The highest BCUT2D eigenvalue weighted by molar-refractivity contribution is 9.10. The van der Waals surface area contributed by atoms with Crippen LogP contribution in [-0.2, 0) is 0 Å². The van der Waals surface area contributed by atoms with Crippen molar-refractivity contribution in [3.8, 4) is 5.75 Å². The van der Waals surface area contributed by atoms with Gasteiger partial charge >= 0.3 is 0 Å². The van der Waals surface area contributed by atoms with E-state index in [0.29, 0.717) is 11.3 Å². The fraction of sp³-hybridized carbons (Fsp3) is 0.0714. The Balaban J connectivity index is 2.22. The molecule has 19 heavy (non-hydrogen) atoms. The molecule has 0 atom stereocenters. The first-order valence-corrected chi connectivity index (χ1v) is 6.47. The Hall–Kier alpha value is -2.01. The van der Waals surface area contributed by atoms with Crippen LogP contribution in [0.15, 0.2) is 46.9 Å². The van der Waals surface area contributed by atoms with Crippen LogP contribution >= 0.6 is 15.9 Å². The number of anilines is 2. The zero-order valence-electron chi connectivity index (χ0n) is 10.3. The van der Waals surface area contributed by atoms with Crippen molar-refractivity contribution in [1.82, 2.24) is 0 Å². The summed E-state index contributed by atoms with van der Waals surface area (Å²) >= 11 is 3.29. The van der Waals surface area contributed by atoms with Crippen LogP contribution in [0.5, 0.6) is 5.75 Å². The molecule has 0 saturated carbocycles. The maximum Gasteiger partial charge on any atom is 0.255 e. The SMILES string of the molecule is CNc1cccc(C(=O)Nc2cc(Br)ccc2O)c1. The van der Waals surface area contributed by atoms with Crippen molar-refractivity contribution in [1.29, 1.82) is 0 Å². The molecule has 0 saturated heterocycles. The molecule has 3 N–H and O–H groups in total. The van der Waals surface area contributed by atoms with E-state index < -0.39 is 0 Å². The van der Waals surface area contributed by atoms with E-state index in [-0.39, 0.29) is 11.7 Å². The maximum absolute atomic E-state index is 12.1. The predicted octanol–water partition coefficient (Wildman–Crippen LogP) is 3.45. The van der Waals surface area contributed by atoms with E-state index in [2.05, 4.69) is 26.6 Å². The van der Waals surface area contributed by atoms with Crippen molar-refractivity contribution >= 4 is 33.2 Å². The Morgan fingerprint density at radius 1 is 1.21 bits per heavy atom. The van der Waals surface area contributed by atoms with E-state index in [9.17, 15) is 9.90 Å². The number of phenols is 1. The third kappa shape index (κ3) is 3.26. The maximum atomic E-state index is 12.1. The van der Waals surface area contributed by atoms with Gasteiger partial charge in [-0.15, -0.1) is 0 Å². The van der Waals surface area contributed by atoms with Gasteiger partial charge in [0, 0.05) is 22.8 Å². The molecule has 5 heteroatoms. The minimum atomic E-state index is -0.273. The van der Waals surface area contributed by atoms with E-state index in [1.807, 2.05) is 6.07 Å². The van der Waals surface area contributed by atoms with Crippen molar-refractivity contribution < 1.29 is 9.90 Å². The first kappa shape index (κ1) is 13.4. The summed E-state index contributed by atoms with van der Waals surface area (Å²) in [5.41, 5.74) is 1.74. The second-order valence-corrected chi connectivity index (χ2v) is 4.86. The van der Waals surface area contributed by atoms with Crippen molar-refractivity contribution in [2.45, 2.75) is 0 Å². The molecule has 0 aliphatic heterocycles. The minimum absolute atomic E-state index is 0.0290. The summed E-state index contributed by atoms with van der Waals surface area (Å²) in [7, 11) is 1.79. The van der Waals surface area contributed by atoms with Crippen molar-refractivity contribution in [2.24, 2.45) is 0 Å². The Kier molecular flexibility index (Phi) is 4.06. The molecule has 0 bridgehead atoms. The average Bonchev–Trinajstić information content (AvgIpc) is 2.43. The number of phenolic OH excluding ortho intramolecular Hbond substituents is 1. The molecule has 4 nitrogen and oxygen atoms in total. The number of rotatable bonds is 3. The largest absolute Gasteiger partial charge is 0.506 e. The fourth-order valence-corrected chi connectivity index (χ4v) is 1.98. The lowest BCUT2D eigenvalue weighted by Crippen LogP contribution is -2.12. The first-order valence-electron chi connectivity index (χ1n) is 5.68. The summed E-state index contributed by atoms with van der Waals surface area (Å²) in [4.78, 5) is 12.1. The Labute approximate surface area is 119 Å². The summed E-state index contributed by atoms with van der Waals surface area (Å²) in [6, 6.07) is 12.0. The van der Waals surface area contributed by atoms with Gasteiger partial charge < -0.3 is 15.7 Å². The molecule has 0 aliphatic carbocycles. The number of hydrogen-bond donors (Lipinski definition) is 3. The Morgan fingerprint density at radius 3 is 2.74 bits per heavy atom. The van der Waals surface area contributed by atoms with Crippen molar-refractivity contribution in [3.05, 3.63) is 52.5 Å². The van der Waals surface area contributed by atoms with Gasteiger partial charge in [-0.2, -0.15) is 0 Å². The predicted molar refractivity (Wildman–Crippen MR) is 79.7 cm³/mol. The Morgan fingerprint density at radius 2 is 2.00 bits per heavy atom. The van der Waals surface area contributed by atoms with E-state index in [1.54, 1.807) is 37.4 Å². The van der Waals surface area contributed by atoms with Crippen LogP contribution in [0.4, 0.5) is 11.4 Å². The molecule has 2 aromatic rings. The van der Waals surface area contributed by atoms with Gasteiger partial charge in [-0.1, -0.05) is 22.0 Å². The van der Waals surface area contributed by atoms with Gasteiger partial charge in [0.2, 0.25) is 0 Å². The second-order valence-electron chi connectivity index (χ2n) is 3.95. The molecule has 0 radical (unpaired) electrons.